The number of carbonyl (C=O) groups excluding carboxylic acids is 1. The Labute approximate surface area is 209 Å². The molecular formula is C29H26INO2. The van der Waals surface area contributed by atoms with Gasteiger partial charge in [-0.05, 0) is 22.3 Å². The first-order valence-corrected chi connectivity index (χ1v) is 12.5. The normalized spacial score (nSPS) is 12.2. The number of rotatable bonds is 9. The van der Waals surface area contributed by atoms with Gasteiger partial charge in [-0.3, -0.25) is 10.1 Å². The summed E-state index contributed by atoms with van der Waals surface area (Å²) in [6.45, 7) is 0.253. The van der Waals surface area contributed by atoms with Crippen LogP contribution in [0.5, 0.6) is 0 Å². The first-order valence-electron chi connectivity index (χ1n) is 10.9. The van der Waals surface area contributed by atoms with E-state index >= 15 is 0 Å². The van der Waals surface area contributed by atoms with Gasteiger partial charge in [-0.1, -0.05) is 144 Å². The molecule has 0 aliphatic rings. The third-order valence-corrected chi connectivity index (χ3v) is 6.55. The fourth-order valence-electron chi connectivity index (χ4n) is 4.07. The van der Waals surface area contributed by atoms with Gasteiger partial charge in [-0.2, -0.15) is 0 Å². The summed E-state index contributed by atoms with van der Waals surface area (Å²) in [5.74, 6) is -0.263. The van der Waals surface area contributed by atoms with Crippen LogP contribution in [-0.4, -0.2) is 16.4 Å². The van der Waals surface area contributed by atoms with Gasteiger partial charge in [0.05, 0.1) is 5.54 Å². The summed E-state index contributed by atoms with van der Waals surface area (Å²) in [6, 6.07) is 40.1. The van der Waals surface area contributed by atoms with E-state index < -0.39 is 11.6 Å². The molecule has 0 amide bonds. The second-order valence-corrected chi connectivity index (χ2v) is 8.67. The van der Waals surface area contributed by atoms with Crippen molar-refractivity contribution in [2.45, 2.75) is 18.2 Å². The Kier molecular flexibility index (Phi) is 7.92. The summed E-state index contributed by atoms with van der Waals surface area (Å²) in [4.78, 5) is 13.2. The van der Waals surface area contributed by atoms with Gasteiger partial charge in [0.1, 0.15) is 12.6 Å². The molecule has 3 nitrogen and oxygen atoms in total. The SMILES string of the molecule is O=C(OCc1ccccc1)[C@@H](CI)NC(c1ccccc1)(c1ccccc1)c1ccccc1. The van der Waals surface area contributed by atoms with Crippen LogP contribution in [0.1, 0.15) is 22.3 Å². The Bertz CT molecular complexity index is 1040. The number of hydrogen-bond donors (Lipinski definition) is 1. The van der Waals surface area contributed by atoms with Gasteiger partial charge >= 0.3 is 5.97 Å². The minimum absolute atomic E-state index is 0.253. The molecule has 0 aliphatic carbocycles. The predicted octanol–water partition coefficient (Wildman–Crippen LogP) is 6.12. The van der Waals surface area contributed by atoms with Crippen molar-refractivity contribution >= 4 is 28.6 Å². The van der Waals surface area contributed by atoms with Crippen molar-refractivity contribution in [2.24, 2.45) is 0 Å². The van der Waals surface area contributed by atoms with Gasteiger partial charge in [-0.15, -0.1) is 0 Å². The van der Waals surface area contributed by atoms with Gasteiger partial charge in [0.25, 0.3) is 0 Å². The van der Waals surface area contributed by atoms with E-state index in [-0.39, 0.29) is 12.6 Å². The van der Waals surface area contributed by atoms with Crippen LogP contribution in [-0.2, 0) is 21.7 Å². The van der Waals surface area contributed by atoms with Crippen molar-refractivity contribution in [3.63, 3.8) is 0 Å². The van der Waals surface area contributed by atoms with E-state index in [0.29, 0.717) is 4.43 Å². The summed E-state index contributed by atoms with van der Waals surface area (Å²) in [7, 11) is 0. The highest BCUT2D eigenvalue weighted by atomic mass is 127. The zero-order valence-electron chi connectivity index (χ0n) is 18.2. The maximum Gasteiger partial charge on any atom is 0.324 e. The van der Waals surface area contributed by atoms with Gasteiger partial charge in [0.2, 0.25) is 0 Å². The molecule has 0 aliphatic heterocycles. The van der Waals surface area contributed by atoms with Crippen LogP contribution in [0, 0.1) is 0 Å². The summed E-state index contributed by atoms with van der Waals surface area (Å²) in [6.07, 6.45) is 0. The zero-order valence-corrected chi connectivity index (χ0v) is 20.4. The average Bonchev–Trinajstić information content (AvgIpc) is 2.90. The second kappa shape index (κ2) is 11.3. The Morgan fingerprint density at radius 2 is 1.09 bits per heavy atom. The topological polar surface area (TPSA) is 38.3 Å². The predicted molar refractivity (Wildman–Crippen MR) is 141 cm³/mol. The lowest BCUT2D eigenvalue weighted by Gasteiger charge is -2.39. The maximum atomic E-state index is 13.2. The van der Waals surface area contributed by atoms with Crippen LogP contribution >= 0.6 is 22.6 Å². The molecule has 0 heterocycles. The summed E-state index contributed by atoms with van der Waals surface area (Å²) in [5, 5.41) is 3.72. The van der Waals surface area contributed by atoms with Crippen LogP contribution in [0.2, 0.25) is 0 Å². The molecule has 166 valence electrons. The number of benzene rings is 4. The molecule has 1 N–H and O–H groups in total. The number of ether oxygens (including phenoxy) is 1. The number of carbonyl (C=O) groups is 1. The van der Waals surface area contributed by atoms with Crippen molar-refractivity contribution < 1.29 is 9.53 Å². The molecule has 0 unspecified atom stereocenters. The molecule has 0 saturated heterocycles. The van der Waals surface area contributed by atoms with Crippen molar-refractivity contribution in [3.05, 3.63) is 144 Å². The smallest absolute Gasteiger partial charge is 0.324 e. The molecule has 0 bridgehead atoms. The van der Waals surface area contributed by atoms with Crippen LogP contribution in [0.15, 0.2) is 121 Å². The van der Waals surface area contributed by atoms with Crippen molar-refractivity contribution in [2.75, 3.05) is 4.43 Å². The first kappa shape index (κ1) is 23.2. The number of halogens is 1. The molecule has 4 rings (SSSR count). The molecule has 33 heavy (non-hydrogen) atoms. The Morgan fingerprint density at radius 1 is 0.697 bits per heavy atom. The molecule has 0 fully saturated rings. The largest absolute Gasteiger partial charge is 0.460 e. The Morgan fingerprint density at radius 3 is 1.48 bits per heavy atom. The van der Waals surface area contributed by atoms with Crippen molar-refractivity contribution in [1.29, 1.82) is 0 Å². The first-order chi connectivity index (χ1) is 16.2. The lowest BCUT2D eigenvalue weighted by Crippen LogP contribution is -2.53. The fourth-order valence-corrected chi connectivity index (χ4v) is 4.65. The van der Waals surface area contributed by atoms with E-state index in [0.717, 1.165) is 22.3 Å². The molecule has 0 aromatic heterocycles. The quantitative estimate of drug-likeness (QED) is 0.119. The minimum atomic E-state index is -0.717. The summed E-state index contributed by atoms with van der Waals surface area (Å²) in [5.41, 5.74) is 3.44. The van der Waals surface area contributed by atoms with E-state index in [9.17, 15) is 4.79 Å². The van der Waals surface area contributed by atoms with Crippen molar-refractivity contribution in [3.8, 4) is 0 Å². The monoisotopic (exact) mass is 547 g/mol. The minimum Gasteiger partial charge on any atom is -0.460 e. The lowest BCUT2D eigenvalue weighted by atomic mass is 9.76. The van der Waals surface area contributed by atoms with Crippen LogP contribution < -0.4 is 5.32 Å². The van der Waals surface area contributed by atoms with Crippen LogP contribution in [0.3, 0.4) is 0 Å². The highest BCUT2D eigenvalue weighted by Gasteiger charge is 2.39. The summed E-state index contributed by atoms with van der Waals surface area (Å²) < 4.78 is 6.30. The molecule has 0 spiro atoms. The van der Waals surface area contributed by atoms with E-state index in [1.165, 1.54) is 0 Å². The highest BCUT2D eigenvalue weighted by Crippen LogP contribution is 2.37. The number of alkyl halides is 1. The third-order valence-electron chi connectivity index (χ3n) is 5.67. The van der Waals surface area contributed by atoms with Gasteiger partial charge < -0.3 is 4.74 Å². The maximum absolute atomic E-state index is 13.2. The molecule has 4 heteroatoms. The van der Waals surface area contributed by atoms with E-state index in [4.69, 9.17) is 4.74 Å². The Hall–Kier alpha value is -2.96. The highest BCUT2D eigenvalue weighted by molar-refractivity contribution is 14.1. The van der Waals surface area contributed by atoms with Crippen LogP contribution in [0.4, 0.5) is 0 Å². The zero-order chi connectivity index (χ0) is 22.9. The second-order valence-electron chi connectivity index (χ2n) is 7.79. The molecular weight excluding hydrogens is 521 g/mol. The van der Waals surface area contributed by atoms with E-state index in [1.54, 1.807) is 0 Å². The number of hydrogen-bond acceptors (Lipinski definition) is 3. The number of esters is 1. The standard InChI is InChI=1S/C29H26INO2/c30-21-27(28(32)33-22-23-13-5-1-6-14-23)31-29(24-15-7-2-8-16-24,25-17-9-3-10-18-25)26-19-11-4-12-20-26/h1-20,27,31H,21-22H2/t27-/m1/s1. The van der Waals surface area contributed by atoms with Gasteiger partial charge in [0, 0.05) is 4.43 Å². The average molecular weight is 547 g/mol. The molecule has 1 atom stereocenters. The molecule has 4 aromatic rings. The molecule has 4 aromatic carbocycles. The molecule has 0 saturated carbocycles. The van der Waals surface area contributed by atoms with Gasteiger partial charge in [-0.25, -0.2) is 0 Å². The van der Waals surface area contributed by atoms with Crippen molar-refractivity contribution in [1.82, 2.24) is 5.32 Å². The van der Waals surface area contributed by atoms with Gasteiger partial charge in [0.15, 0.2) is 0 Å². The van der Waals surface area contributed by atoms with Crippen LogP contribution in [0.25, 0.3) is 0 Å². The van der Waals surface area contributed by atoms with E-state index in [2.05, 4.69) is 64.3 Å². The Balaban J connectivity index is 1.75. The summed E-state index contributed by atoms with van der Waals surface area (Å²) >= 11 is 2.25. The third kappa shape index (κ3) is 5.34. The number of nitrogens with one attached hydrogen (secondary N) is 1. The fraction of sp³-hybridized carbons (Fsp3) is 0.138. The van der Waals surface area contributed by atoms with E-state index in [1.807, 2.05) is 84.9 Å². The molecule has 0 radical (unpaired) electrons. The lowest BCUT2D eigenvalue weighted by molar-refractivity contribution is -0.147.